The Morgan fingerprint density at radius 2 is 0.889 bits per heavy atom. The van der Waals surface area contributed by atoms with Gasteiger partial charge in [0.05, 0.1) is 39.9 Å². The summed E-state index contributed by atoms with van der Waals surface area (Å²) in [6.45, 7) is 4.66. The van der Waals surface area contributed by atoms with Gasteiger partial charge in [-0.3, -0.25) is 9.36 Å². The van der Waals surface area contributed by atoms with E-state index in [-0.39, 0.29) is 19.1 Å². The van der Waals surface area contributed by atoms with Crippen molar-refractivity contribution in [3.8, 4) is 0 Å². The molecular formula is C54H107N2O6P. The van der Waals surface area contributed by atoms with Crippen LogP contribution in [0.25, 0.3) is 0 Å². The number of hydrogen-bond donors (Lipinski definition) is 2. The SMILES string of the molecule is CCCCCCCCCCCCCCCCCCCCCC/C=C/CC/C=C/C(O)C(COP(=O)([O-])OCC[N+](C)(C)C)NC(=O)CCCCCCCCCCCCCCCCC. The van der Waals surface area contributed by atoms with Crippen LogP contribution in [0.5, 0.6) is 0 Å². The highest BCUT2D eigenvalue weighted by molar-refractivity contribution is 7.45. The Morgan fingerprint density at radius 1 is 0.540 bits per heavy atom. The van der Waals surface area contributed by atoms with Crippen LogP contribution in [0.1, 0.15) is 264 Å². The molecule has 63 heavy (non-hydrogen) atoms. The second-order valence-corrected chi connectivity index (χ2v) is 21.3. The lowest BCUT2D eigenvalue weighted by molar-refractivity contribution is -0.870. The molecule has 0 aliphatic heterocycles. The fourth-order valence-corrected chi connectivity index (χ4v) is 8.84. The Hall–Kier alpha value is -1.02. The quantitative estimate of drug-likeness (QED) is 0.0272. The Balaban J connectivity index is 4.24. The molecule has 3 unspecified atom stereocenters. The Labute approximate surface area is 392 Å². The molecule has 0 fully saturated rings. The fraction of sp³-hybridized carbons (Fsp3) is 0.907. The highest BCUT2D eigenvalue weighted by Crippen LogP contribution is 2.38. The lowest BCUT2D eigenvalue weighted by Gasteiger charge is -2.29. The highest BCUT2D eigenvalue weighted by atomic mass is 31.2. The summed E-state index contributed by atoms with van der Waals surface area (Å²) in [4.78, 5) is 25.4. The highest BCUT2D eigenvalue weighted by Gasteiger charge is 2.23. The van der Waals surface area contributed by atoms with Gasteiger partial charge in [0.25, 0.3) is 7.82 Å². The number of nitrogens with zero attached hydrogens (tertiary/aromatic N) is 1. The molecule has 2 N–H and O–H groups in total. The lowest BCUT2D eigenvalue weighted by Crippen LogP contribution is -2.45. The Morgan fingerprint density at radius 3 is 1.29 bits per heavy atom. The molecule has 0 saturated heterocycles. The van der Waals surface area contributed by atoms with E-state index in [4.69, 9.17) is 9.05 Å². The number of phosphoric ester groups is 1. The third-order valence-electron chi connectivity index (χ3n) is 12.4. The molecule has 0 heterocycles. The molecule has 8 nitrogen and oxygen atoms in total. The van der Waals surface area contributed by atoms with Gasteiger partial charge in [0.2, 0.25) is 5.91 Å². The normalized spacial score (nSPS) is 14.2. The van der Waals surface area contributed by atoms with E-state index in [2.05, 4.69) is 31.3 Å². The van der Waals surface area contributed by atoms with Gasteiger partial charge in [-0.05, 0) is 32.1 Å². The van der Waals surface area contributed by atoms with Gasteiger partial charge in [-0.15, -0.1) is 0 Å². The fourth-order valence-electron chi connectivity index (χ4n) is 8.11. The number of allylic oxidation sites excluding steroid dienone is 3. The molecule has 3 atom stereocenters. The van der Waals surface area contributed by atoms with Crippen LogP contribution >= 0.6 is 7.82 Å². The number of amides is 1. The number of unbranched alkanes of at least 4 members (excludes halogenated alkanes) is 35. The molecule has 9 heteroatoms. The van der Waals surface area contributed by atoms with E-state index in [0.29, 0.717) is 17.4 Å². The predicted molar refractivity (Wildman–Crippen MR) is 270 cm³/mol. The molecule has 0 aromatic carbocycles. The smallest absolute Gasteiger partial charge is 0.268 e. The zero-order valence-electron chi connectivity index (χ0n) is 42.5. The van der Waals surface area contributed by atoms with Crippen LogP contribution in [0, 0.1) is 0 Å². The standard InChI is InChI=1S/C54H107N2O6P/c1-6-8-10-12-14-16-18-20-22-23-24-25-26-27-28-29-30-31-32-34-35-37-39-41-43-45-47-53(57)52(51-62-63(59,60)61-50-49-56(3,4)5)55-54(58)48-46-44-42-40-38-36-33-21-19-17-15-13-11-9-7-2/h37,39,45,47,52-53,57H,6-36,38,40-44,46,48-51H2,1-5H3,(H-,55,58,59,60)/b39-37+,47-45+. The summed E-state index contributed by atoms with van der Waals surface area (Å²) in [6.07, 6.45) is 56.8. The van der Waals surface area contributed by atoms with Crippen molar-refractivity contribution in [2.75, 3.05) is 40.9 Å². The first kappa shape index (κ1) is 62.0. The third-order valence-corrected chi connectivity index (χ3v) is 13.4. The van der Waals surface area contributed by atoms with Crippen molar-refractivity contribution < 1.29 is 32.9 Å². The summed E-state index contributed by atoms with van der Waals surface area (Å²) >= 11 is 0. The largest absolute Gasteiger partial charge is 0.756 e. The number of aliphatic hydroxyl groups is 1. The van der Waals surface area contributed by atoms with Gasteiger partial charge in [0.1, 0.15) is 13.2 Å². The van der Waals surface area contributed by atoms with Crippen LogP contribution in [0.15, 0.2) is 24.3 Å². The van der Waals surface area contributed by atoms with Gasteiger partial charge >= 0.3 is 0 Å². The van der Waals surface area contributed by atoms with Gasteiger partial charge in [-0.25, -0.2) is 0 Å². The maximum Gasteiger partial charge on any atom is 0.268 e. The minimum Gasteiger partial charge on any atom is -0.756 e. The topological polar surface area (TPSA) is 108 Å². The van der Waals surface area contributed by atoms with Crippen molar-refractivity contribution in [2.24, 2.45) is 0 Å². The van der Waals surface area contributed by atoms with Crippen LogP contribution in [-0.4, -0.2) is 68.5 Å². The average Bonchev–Trinajstić information content (AvgIpc) is 3.24. The summed E-state index contributed by atoms with van der Waals surface area (Å²) in [7, 11) is 1.25. The van der Waals surface area contributed by atoms with E-state index in [1.807, 2.05) is 27.2 Å². The van der Waals surface area contributed by atoms with Crippen molar-refractivity contribution in [2.45, 2.75) is 276 Å². The van der Waals surface area contributed by atoms with E-state index in [1.165, 1.54) is 205 Å². The zero-order valence-corrected chi connectivity index (χ0v) is 43.4. The maximum atomic E-state index is 12.9. The molecule has 0 aliphatic carbocycles. The van der Waals surface area contributed by atoms with E-state index in [9.17, 15) is 19.4 Å². The molecule has 0 aromatic rings. The summed E-state index contributed by atoms with van der Waals surface area (Å²) in [5.41, 5.74) is 0. The monoisotopic (exact) mass is 911 g/mol. The summed E-state index contributed by atoms with van der Waals surface area (Å²) in [5.74, 6) is -0.203. The molecule has 0 aliphatic rings. The minimum atomic E-state index is -4.60. The first-order chi connectivity index (χ1) is 30.5. The number of quaternary nitrogens is 1. The average molecular weight is 911 g/mol. The number of hydrogen-bond acceptors (Lipinski definition) is 6. The van der Waals surface area contributed by atoms with Crippen molar-refractivity contribution >= 4 is 13.7 Å². The van der Waals surface area contributed by atoms with Gasteiger partial charge in [0, 0.05) is 6.42 Å². The predicted octanol–water partition coefficient (Wildman–Crippen LogP) is 15.4. The molecule has 1 amide bonds. The molecule has 0 radical (unpaired) electrons. The minimum absolute atomic E-state index is 0.00391. The van der Waals surface area contributed by atoms with Gasteiger partial charge in [0.15, 0.2) is 0 Å². The second-order valence-electron chi connectivity index (χ2n) is 19.9. The summed E-state index contributed by atoms with van der Waals surface area (Å²) in [6, 6.07) is -0.899. The van der Waals surface area contributed by atoms with Crippen LogP contribution in [0.2, 0.25) is 0 Å². The number of rotatable bonds is 50. The van der Waals surface area contributed by atoms with E-state index in [1.54, 1.807) is 6.08 Å². The molecule has 0 saturated carbocycles. The molecule has 374 valence electrons. The van der Waals surface area contributed by atoms with Crippen LogP contribution in [0.4, 0.5) is 0 Å². The molecule has 0 aromatic heterocycles. The van der Waals surface area contributed by atoms with Crippen molar-refractivity contribution in [1.29, 1.82) is 0 Å². The van der Waals surface area contributed by atoms with Crippen LogP contribution in [-0.2, 0) is 18.4 Å². The first-order valence-corrected chi connectivity index (χ1v) is 28.7. The summed E-state index contributed by atoms with van der Waals surface area (Å²) < 4.78 is 23.3. The molecular weight excluding hydrogens is 804 g/mol. The van der Waals surface area contributed by atoms with E-state index in [0.717, 1.165) is 38.5 Å². The summed E-state index contributed by atoms with van der Waals surface area (Å²) in [5, 5.41) is 13.8. The molecule has 0 rings (SSSR count). The number of nitrogens with one attached hydrogen (secondary N) is 1. The van der Waals surface area contributed by atoms with Gasteiger partial charge < -0.3 is 28.8 Å². The van der Waals surface area contributed by atoms with Crippen LogP contribution in [0.3, 0.4) is 0 Å². The molecule has 0 bridgehead atoms. The van der Waals surface area contributed by atoms with Gasteiger partial charge in [-0.2, -0.15) is 0 Å². The lowest BCUT2D eigenvalue weighted by atomic mass is 10.0. The Kier molecular flexibility index (Phi) is 45.4. The zero-order chi connectivity index (χ0) is 46.4. The van der Waals surface area contributed by atoms with Crippen molar-refractivity contribution in [1.82, 2.24) is 5.32 Å². The number of carbonyl (C=O) groups is 1. The van der Waals surface area contributed by atoms with Crippen molar-refractivity contribution in [3.63, 3.8) is 0 Å². The van der Waals surface area contributed by atoms with Gasteiger partial charge in [-0.1, -0.05) is 250 Å². The number of likely N-dealkylation sites (N-methyl/N-ethyl adjacent to an activating group) is 1. The number of carbonyl (C=O) groups excluding carboxylic acids is 1. The maximum absolute atomic E-state index is 12.9. The first-order valence-electron chi connectivity index (χ1n) is 27.2. The third kappa shape index (κ3) is 48.7. The van der Waals surface area contributed by atoms with Crippen molar-refractivity contribution in [3.05, 3.63) is 24.3 Å². The van der Waals surface area contributed by atoms with E-state index < -0.39 is 20.0 Å². The van der Waals surface area contributed by atoms with E-state index >= 15 is 0 Å². The number of aliphatic hydroxyl groups excluding tert-OH is 1. The van der Waals surface area contributed by atoms with Crippen LogP contribution < -0.4 is 10.2 Å². The number of phosphoric acid groups is 1. The second kappa shape index (κ2) is 46.1. The molecule has 0 spiro atoms. The Bertz CT molecular complexity index is 1080.